The normalized spacial score (nSPS) is 22.0. The SMILES string of the molecule is CC(NC(=O)NC(C(=O)N1CC(C(C)(C)C)CC1C(=O)NC(CC1CC1)C(=O)C(N)=O)C(C)(C)C)C(=O)N1CCCCC1.CCC. The fraction of sp³-hybridized carbons (Fsp3) is 0.824. The van der Waals surface area contributed by atoms with Gasteiger partial charge in [-0.2, -0.15) is 0 Å². The molecule has 0 bridgehead atoms. The van der Waals surface area contributed by atoms with Gasteiger partial charge < -0.3 is 31.5 Å². The molecule has 1 aliphatic carbocycles. The Labute approximate surface area is 275 Å². The Bertz CT molecular complexity index is 1100. The van der Waals surface area contributed by atoms with Crippen LogP contribution in [0.15, 0.2) is 0 Å². The highest BCUT2D eigenvalue weighted by atomic mass is 16.2. The van der Waals surface area contributed by atoms with Crippen LogP contribution in [0.2, 0.25) is 0 Å². The molecule has 5 unspecified atom stereocenters. The van der Waals surface area contributed by atoms with Crippen LogP contribution in [0.4, 0.5) is 4.79 Å². The Hall–Kier alpha value is -3.18. The van der Waals surface area contributed by atoms with E-state index in [0.717, 1.165) is 32.1 Å². The quantitative estimate of drug-likeness (QED) is 0.265. The molecule has 0 spiro atoms. The third kappa shape index (κ3) is 11.3. The minimum absolute atomic E-state index is 0.0300. The smallest absolute Gasteiger partial charge is 0.316 e. The molecule has 2 aliphatic heterocycles. The summed E-state index contributed by atoms with van der Waals surface area (Å²) in [6.07, 6.45) is 6.73. The van der Waals surface area contributed by atoms with Crippen LogP contribution in [-0.2, 0) is 24.0 Å². The van der Waals surface area contributed by atoms with Gasteiger partial charge in [-0.05, 0) is 61.7 Å². The van der Waals surface area contributed by atoms with Gasteiger partial charge in [0, 0.05) is 19.6 Å². The fourth-order valence-corrected chi connectivity index (χ4v) is 5.95. The number of nitrogens with two attached hydrogens (primary N) is 1. The van der Waals surface area contributed by atoms with E-state index in [4.69, 9.17) is 5.73 Å². The summed E-state index contributed by atoms with van der Waals surface area (Å²) in [6.45, 7) is 19.1. The number of amides is 6. The molecule has 6 amide bonds. The molecular formula is C34H60N6O6. The minimum atomic E-state index is -1.10. The third-order valence-corrected chi connectivity index (χ3v) is 9.03. The van der Waals surface area contributed by atoms with Crippen molar-refractivity contribution in [1.82, 2.24) is 25.8 Å². The number of carbonyl (C=O) groups excluding carboxylic acids is 6. The Morgan fingerprint density at radius 1 is 0.848 bits per heavy atom. The van der Waals surface area contributed by atoms with E-state index in [9.17, 15) is 28.8 Å². The van der Waals surface area contributed by atoms with Gasteiger partial charge in [-0.25, -0.2) is 4.79 Å². The molecule has 5 N–H and O–H groups in total. The number of piperidine rings is 1. The van der Waals surface area contributed by atoms with Crippen molar-refractivity contribution in [2.45, 2.75) is 138 Å². The average Bonchev–Trinajstić information content (AvgIpc) is 3.66. The number of rotatable bonds is 10. The molecule has 2 heterocycles. The molecule has 0 aromatic rings. The van der Waals surface area contributed by atoms with Crippen LogP contribution >= 0.6 is 0 Å². The molecule has 12 heteroatoms. The Kier molecular flexibility index (Phi) is 14.1. The molecule has 262 valence electrons. The van der Waals surface area contributed by atoms with E-state index in [-0.39, 0.29) is 29.7 Å². The Balaban J connectivity index is 0.00000236. The van der Waals surface area contributed by atoms with Gasteiger partial charge in [0.1, 0.15) is 18.1 Å². The highest BCUT2D eigenvalue weighted by Crippen LogP contribution is 2.38. The molecule has 2 saturated heterocycles. The van der Waals surface area contributed by atoms with Gasteiger partial charge in [-0.1, -0.05) is 74.7 Å². The van der Waals surface area contributed by atoms with Crippen molar-refractivity contribution in [3.63, 3.8) is 0 Å². The predicted octanol–water partition coefficient (Wildman–Crippen LogP) is 3.12. The lowest BCUT2D eigenvalue weighted by Crippen LogP contribution is -2.61. The van der Waals surface area contributed by atoms with Gasteiger partial charge in [0.2, 0.25) is 23.5 Å². The number of likely N-dealkylation sites (tertiary alicyclic amines) is 2. The van der Waals surface area contributed by atoms with Crippen molar-refractivity contribution >= 4 is 35.4 Å². The van der Waals surface area contributed by atoms with Crippen molar-refractivity contribution in [3.05, 3.63) is 0 Å². The first-order valence-electron chi connectivity index (χ1n) is 17.1. The molecule has 3 fully saturated rings. The molecule has 3 aliphatic rings. The first-order chi connectivity index (χ1) is 21.3. The second kappa shape index (κ2) is 16.6. The molecule has 0 aromatic heterocycles. The number of primary amides is 1. The Morgan fingerprint density at radius 2 is 1.41 bits per heavy atom. The zero-order chi connectivity index (χ0) is 35.0. The lowest BCUT2D eigenvalue weighted by Gasteiger charge is -2.36. The maximum atomic E-state index is 14.2. The first kappa shape index (κ1) is 39.0. The van der Waals surface area contributed by atoms with Gasteiger partial charge in [0.05, 0.1) is 6.04 Å². The highest BCUT2D eigenvalue weighted by Gasteiger charge is 2.48. The largest absolute Gasteiger partial charge is 0.363 e. The van der Waals surface area contributed by atoms with Crippen LogP contribution in [0.3, 0.4) is 0 Å². The van der Waals surface area contributed by atoms with E-state index in [1.807, 2.05) is 41.5 Å². The van der Waals surface area contributed by atoms with Crippen molar-refractivity contribution < 1.29 is 28.8 Å². The number of hydrogen-bond acceptors (Lipinski definition) is 6. The minimum Gasteiger partial charge on any atom is -0.363 e. The van der Waals surface area contributed by atoms with E-state index in [0.29, 0.717) is 25.9 Å². The lowest BCUT2D eigenvalue weighted by molar-refractivity contribution is -0.143. The number of carbonyl (C=O) groups is 6. The van der Waals surface area contributed by atoms with Crippen LogP contribution in [-0.4, -0.2) is 89.0 Å². The van der Waals surface area contributed by atoms with Crippen LogP contribution in [0, 0.1) is 22.7 Å². The summed E-state index contributed by atoms with van der Waals surface area (Å²) < 4.78 is 0. The molecule has 46 heavy (non-hydrogen) atoms. The number of nitrogens with zero attached hydrogens (tertiary/aromatic N) is 2. The van der Waals surface area contributed by atoms with E-state index < -0.39 is 59.1 Å². The lowest BCUT2D eigenvalue weighted by atomic mass is 9.79. The monoisotopic (exact) mass is 648 g/mol. The fourth-order valence-electron chi connectivity index (χ4n) is 5.95. The predicted molar refractivity (Wildman–Crippen MR) is 177 cm³/mol. The van der Waals surface area contributed by atoms with Gasteiger partial charge in [-0.3, -0.25) is 24.0 Å². The van der Waals surface area contributed by atoms with E-state index in [1.165, 1.54) is 11.3 Å². The number of nitrogens with one attached hydrogen (secondary N) is 3. The van der Waals surface area contributed by atoms with Crippen LogP contribution < -0.4 is 21.7 Å². The van der Waals surface area contributed by atoms with Crippen molar-refractivity contribution in [1.29, 1.82) is 0 Å². The zero-order valence-electron chi connectivity index (χ0n) is 29.7. The van der Waals surface area contributed by atoms with Crippen LogP contribution in [0.25, 0.3) is 0 Å². The summed E-state index contributed by atoms with van der Waals surface area (Å²) in [5.41, 5.74) is 4.32. The summed E-state index contributed by atoms with van der Waals surface area (Å²) in [6, 6.07) is -4.35. The van der Waals surface area contributed by atoms with Gasteiger partial charge in [-0.15, -0.1) is 0 Å². The van der Waals surface area contributed by atoms with Gasteiger partial charge >= 0.3 is 6.03 Å². The van der Waals surface area contributed by atoms with E-state index >= 15 is 0 Å². The second-order valence-electron chi connectivity index (χ2n) is 15.5. The number of hydrogen-bond donors (Lipinski definition) is 4. The molecule has 3 rings (SSSR count). The first-order valence-corrected chi connectivity index (χ1v) is 17.1. The van der Waals surface area contributed by atoms with Gasteiger partial charge in [0.15, 0.2) is 0 Å². The summed E-state index contributed by atoms with van der Waals surface area (Å²) in [4.78, 5) is 81.3. The number of ketones is 1. The highest BCUT2D eigenvalue weighted by molar-refractivity contribution is 6.37. The van der Waals surface area contributed by atoms with E-state index in [2.05, 4.69) is 29.8 Å². The molecular weight excluding hydrogens is 588 g/mol. The maximum Gasteiger partial charge on any atom is 0.316 e. The van der Waals surface area contributed by atoms with Crippen LogP contribution in [0.5, 0.6) is 0 Å². The summed E-state index contributed by atoms with van der Waals surface area (Å²) in [5.74, 6) is -2.84. The van der Waals surface area contributed by atoms with Crippen LogP contribution in [0.1, 0.15) is 114 Å². The number of urea groups is 1. The summed E-state index contributed by atoms with van der Waals surface area (Å²) >= 11 is 0. The van der Waals surface area contributed by atoms with E-state index in [1.54, 1.807) is 11.8 Å². The molecule has 5 atom stereocenters. The average molecular weight is 649 g/mol. The molecule has 1 saturated carbocycles. The standard InChI is InChI=1S/C31H52N6O6.C3H8/c1-18(27(41)36-13-9-8-10-14-36)33-29(43)35-24(31(5,6)7)28(42)37-17-20(30(2,3)4)16-22(37)26(40)34-21(15-19-11-12-19)23(38)25(32)39;1-3-2/h18-22,24H,8-17H2,1-7H3,(H2,32,39)(H,34,40)(H2,33,35,43);3H2,1-2H3. The summed E-state index contributed by atoms with van der Waals surface area (Å²) in [5, 5.41) is 8.21. The topological polar surface area (TPSA) is 171 Å². The molecule has 0 aromatic carbocycles. The number of Topliss-reactive ketones (excluding diaryl/α,β-unsaturated/α-hetero) is 1. The zero-order valence-corrected chi connectivity index (χ0v) is 29.7. The summed E-state index contributed by atoms with van der Waals surface area (Å²) in [7, 11) is 0. The van der Waals surface area contributed by atoms with Crippen molar-refractivity contribution in [2.75, 3.05) is 19.6 Å². The van der Waals surface area contributed by atoms with Crippen molar-refractivity contribution in [3.8, 4) is 0 Å². The van der Waals surface area contributed by atoms with Gasteiger partial charge in [0.25, 0.3) is 5.91 Å². The Morgan fingerprint density at radius 3 is 1.89 bits per heavy atom. The maximum absolute atomic E-state index is 14.2. The second-order valence-corrected chi connectivity index (χ2v) is 15.5. The van der Waals surface area contributed by atoms with Crippen molar-refractivity contribution in [2.24, 2.45) is 28.4 Å². The molecule has 12 nitrogen and oxygen atoms in total. The third-order valence-electron chi connectivity index (χ3n) is 9.03. The molecule has 0 radical (unpaired) electrons.